The van der Waals surface area contributed by atoms with Gasteiger partial charge in [0, 0.05) is 18.8 Å². The van der Waals surface area contributed by atoms with Gasteiger partial charge < -0.3 is 16.0 Å². The predicted molar refractivity (Wildman–Crippen MR) is 120 cm³/mol. The average molecular weight is 447 g/mol. The van der Waals surface area contributed by atoms with Crippen LogP contribution in [0.5, 0.6) is 0 Å². The zero-order chi connectivity index (χ0) is 21.4. The van der Waals surface area contributed by atoms with E-state index in [0.29, 0.717) is 34.9 Å². The van der Waals surface area contributed by atoms with E-state index < -0.39 is 11.8 Å². The number of piperidine rings is 1. The Labute approximate surface area is 186 Å². The summed E-state index contributed by atoms with van der Waals surface area (Å²) in [5, 5.41) is 14.4. The summed E-state index contributed by atoms with van der Waals surface area (Å²) in [7, 11) is 0. The van der Waals surface area contributed by atoms with E-state index in [1.54, 1.807) is 11.1 Å². The minimum absolute atomic E-state index is 0. The van der Waals surface area contributed by atoms with Crippen molar-refractivity contribution in [1.29, 1.82) is 0 Å². The van der Waals surface area contributed by atoms with Crippen molar-refractivity contribution in [2.45, 2.75) is 45.7 Å². The zero-order valence-electron chi connectivity index (χ0n) is 17.7. The molecule has 1 saturated heterocycles. The highest BCUT2D eigenvalue weighted by Crippen LogP contribution is 2.34. The van der Waals surface area contributed by atoms with Gasteiger partial charge in [0.25, 0.3) is 0 Å². The fraction of sp³-hybridized carbons (Fsp3) is 0.450. The molecule has 3 aromatic heterocycles. The Hall–Kier alpha value is -3.14. The molecule has 0 aromatic carbocycles. The van der Waals surface area contributed by atoms with E-state index in [1.807, 2.05) is 24.6 Å². The Morgan fingerprint density at radius 3 is 2.81 bits per heavy atom. The molecule has 4 rings (SSSR count). The summed E-state index contributed by atoms with van der Waals surface area (Å²) in [6, 6.07) is 1.90. The maximum absolute atomic E-state index is 13.2. The van der Waals surface area contributed by atoms with E-state index in [4.69, 9.17) is 5.73 Å². The third kappa shape index (κ3) is 4.20. The number of carbonyl (C=O) groups excluding carboxylic acids is 2. The van der Waals surface area contributed by atoms with Crippen molar-refractivity contribution in [1.82, 2.24) is 29.9 Å². The SMILES string of the molecule is CC(C)n1nccc1[C@@H]1CC[C@H](C)CN1C(=O)C(=O)Nc1cnc(N)c2cn[nH]c12.Cl. The van der Waals surface area contributed by atoms with E-state index >= 15 is 0 Å². The minimum atomic E-state index is -0.716. The maximum atomic E-state index is 13.2. The number of nitrogens with two attached hydrogens (primary N) is 1. The monoisotopic (exact) mass is 446 g/mol. The van der Waals surface area contributed by atoms with E-state index in [-0.39, 0.29) is 24.5 Å². The fourth-order valence-corrected chi connectivity index (χ4v) is 4.06. The number of halogens is 1. The Morgan fingerprint density at radius 2 is 2.06 bits per heavy atom. The number of carbonyl (C=O) groups is 2. The molecule has 0 saturated carbocycles. The van der Waals surface area contributed by atoms with Crippen LogP contribution in [-0.4, -0.2) is 48.2 Å². The first-order chi connectivity index (χ1) is 14.4. The van der Waals surface area contributed by atoms with E-state index in [1.165, 1.54) is 12.4 Å². The van der Waals surface area contributed by atoms with Gasteiger partial charge in [-0.05, 0) is 38.7 Å². The molecule has 31 heavy (non-hydrogen) atoms. The van der Waals surface area contributed by atoms with Gasteiger partial charge in [0.15, 0.2) is 0 Å². The summed E-state index contributed by atoms with van der Waals surface area (Å²) in [5.41, 5.74) is 7.68. The number of likely N-dealkylation sites (tertiary alicyclic amines) is 1. The van der Waals surface area contributed by atoms with E-state index in [9.17, 15) is 9.59 Å². The minimum Gasteiger partial charge on any atom is -0.383 e. The molecule has 3 aromatic rings. The number of nitrogens with zero attached hydrogens (tertiary/aromatic N) is 5. The largest absolute Gasteiger partial charge is 0.383 e. The summed E-state index contributed by atoms with van der Waals surface area (Å²) in [6.45, 7) is 6.70. The van der Waals surface area contributed by atoms with Gasteiger partial charge in [-0.2, -0.15) is 10.2 Å². The van der Waals surface area contributed by atoms with Crippen molar-refractivity contribution < 1.29 is 9.59 Å². The highest BCUT2D eigenvalue weighted by atomic mass is 35.5. The topological polar surface area (TPSA) is 135 Å². The molecule has 0 aliphatic carbocycles. The van der Waals surface area contributed by atoms with Crippen molar-refractivity contribution in [3.05, 3.63) is 30.4 Å². The maximum Gasteiger partial charge on any atom is 0.314 e. The van der Waals surface area contributed by atoms with Crippen LogP contribution in [0.3, 0.4) is 0 Å². The van der Waals surface area contributed by atoms with Crippen LogP contribution in [0.15, 0.2) is 24.7 Å². The van der Waals surface area contributed by atoms with Gasteiger partial charge >= 0.3 is 11.8 Å². The molecule has 2 atom stereocenters. The summed E-state index contributed by atoms with van der Waals surface area (Å²) in [4.78, 5) is 31.8. The summed E-state index contributed by atoms with van der Waals surface area (Å²) in [5.74, 6) is -0.680. The normalized spacial score (nSPS) is 18.8. The number of amides is 2. The van der Waals surface area contributed by atoms with Crippen LogP contribution < -0.4 is 11.1 Å². The average Bonchev–Trinajstić information content (AvgIpc) is 3.39. The Balaban J connectivity index is 0.00000272. The van der Waals surface area contributed by atoms with Gasteiger partial charge in [-0.15, -0.1) is 12.4 Å². The number of nitrogens with one attached hydrogen (secondary N) is 2. The lowest BCUT2D eigenvalue weighted by atomic mass is 9.92. The predicted octanol–water partition coefficient (Wildman–Crippen LogP) is 2.68. The molecule has 4 N–H and O–H groups in total. The van der Waals surface area contributed by atoms with Crippen molar-refractivity contribution in [2.75, 3.05) is 17.6 Å². The lowest BCUT2D eigenvalue weighted by molar-refractivity contribution is -0.146. The van der Waals surface area contributed by atoms with Crippen molar-refractivity contribution in [2.24, 2.45) is 5.92 Å². The molecular formula is C20H27ClN8O2. The van der Waals surface area contributed by atoms with Gasteiger partial charge in [-0.25, -0.2) is 4.98 Å². The number of aromatic nitrogens is 5. The van der Waals surface area contributed by atoms with E-state index in [0.717, 1.165) is 18.5 Å². The summed E-state index contributed by atoms with van der Waals surface area (Å²) in [6.07, 6.45) is 6.46. The quantitative estimate of drug-likeness (QED) is 0.529. The van der Waals surface area contributed by atoms with Crippen LogP contribution in [-0.2, 0) is 9.59 Å². The molecule has 1 aliphatic heterocycles. The molecule has 11 heteroatoms. The molecule has 0 radical (unpaired) electrons. The molecule has 0 unspecified atom stereocenters. The molecule has 0 bridgehead atoms. The second kappa shape index (κ2) is 8.93. The lowest BCUT2D eigenvalue weighted by Gasteiger charge is -2.38. The number of fused-ring (bicyclic) bond motifs is 1. The Bertz CT molecular complexity index is 1090. The molecule has 2 amide bonds. The Kier molecular flexibility index (Phi) is 6.49. The van der Waals surface area contributed by atoms with Gasteiger partial charge in [0.1, 0.15) is 5.82 Å². The second-order valence-electron chi connectivity index (χ2n) is 8.12. The number of aromatic amines is 1. The Morgan fingerprint density at radius 1 is 1.29 bits per heavy atom. The van der Waals surface area contributed by atoms with Crippen molar-refractivity contribution in [3.63, 3.8) is 0 Å². The number of rotatable bonds is 3. The van der Waals surface area contributed by atoms with Crippen LogP contribution in [0.25, 0.3) is 10.9 Å². The lowest BCUT2D eigenvalue weighted by Crippen LogP contribution is -2.47. The van der Waals surface area contributed by atoms with Crippen LogP contribution in [0.1, 0.15) is 51.4 Å². The molecule has 4 heterocycles. The third-order valence-corrected chi connectivity index (χ3v) is 5.57. The van der Waals surface area contributed by atoms with Crippen LogP contribution in [0.2, 0.25) is 0 Å². The van der Waals surface area contributed by atoms with Gasteiger partial charge in [0.2, 0.25) is 0 Å². The molecule has 0 spiro atoms. The van der Waals surface area contributed by atoms with Gasteiger partial charge in [-0.3, -0.25) is 19.4 Å². The van der Waals surface area contributed by atoms with Gasteiger partial charge in [0.05, 0.1) is 40.7 Å². The molecule has 1 fully saturated rings. The van der Waals surface area contributed by atoms with E-state index in [2.05, 4.69) is 32.5 Å². The highest BCUT2D eigenvalue weighted by Gasteiger charge is 2.36. The number of nitrogen functional groups attached to an aromatic ring is 1. The second-order valence-corrected chi connectivity index (χ2v) is 8.12. The number of H-pyrrole nitrogens is 1. The standard InChI is InChI=1S/C20H26N8O2.ClH/c1-11(2)28-16(6-7-24-28)15-5-4-12(3)10-27(15)20(30)19(29)25-14-9-22-18(21)13-8-23-26-17(13)14;/h6-9,11-12,15H,4-5,10H2,1-3H3,(H2,21,22)(H,23,26)(H,25,29);1H/t12-,15-;/m0./s1. The van der Waals surface area contributed by atoms with Crippen LogP contribution in [0, 0.1) is 5.92 Å². The van der Waals surface area contributed by atoms with Crippen molar-refractivity contribution >= 4 is 46.6 Å². The molecular weight excluding hydrogens is 420 g/mol. The molecule has 166 valence electrons. The zero-order valence-corrected chi connectivity index (χ0v) is 18.5. The number of pyridine rings is 1. The number of anilines is 2. The fourth-order valence-electron chi connectivity index (χ4n) is 4.06. The first-order valence-corrected chi connectivity index (χ1v) is 10.1. The highest BCUT2D eigenvalue weighted by molar-refractivity contribution is 6.40. The first kappa shape index (κ1) is 22.5. The summed E-state index contributed by atoms with van der Waals surface area (Å²) >= 11 is 0. The molecule has 1 aliphatic rings. The smallest absolute Gasteiger partial charge is 0.314 e. The van der Waals surface area contributed by atoms with Crippen molar-refractivity contribution in [3.8, 4) is 0 Å². The number of hydrogen-bond donors (Lipinski definition) is 3. The van der Waals surface area contributed by atoms with Crippen LogP contribution >= 0.6 is 12.4 Å². The van der Waals surface area contributed by atoms with Crippen LogP contribution in [0.4, 0.5) is 11.5 Å². The number of hydrogen-bond acceptors (Lipinski definition) is 6. The summed E-state index contributed by atoms with van der Waals surface area (Å²) < 4.78 is 1.91. The first-order valence-electron chi connectivity index (χ1n) is 10.1. The molecule has 10 nitrogen and oxygen atoms in total. The van der Waals surface area contributed by atoms with Gasteiger partial charge in [-0.1, -0.05) is 6.92 Å². The third-order valence-electron chi connectivity index (χ3n) is 5.57.